The predicted octanol–water partition coefficient (Wildman–Crippen LogP) is 2.44. The molecular formula is C16H11N5O6. The number of para-hydroxylation sites is 1. The van der Waals surface area contributed by atoms with E-state index < -0.39 is 27.2 Å². The summed E-state index contributed by atoms with van der Waals surface area (Å²) in [5, 5.41) is 29.6. The number of ether oxygens (including phenoxy) is 1. The lowest BCUT2D eigenvalue weighted by Gasteiger charge is -2.07. The Labute approximate surface area is 151 Å². The van der Waals surface area contributed by atoms with Gasteiger partial charge in [-0.15, -0.1) is 5.10 Å². The molecule has 0 saturated carbocycles. The number of rotatable bonds is 6. The quantitative estimate of drug-likeness (QED) is 0.366. The lowest BCUT2D eigenvalue weighted by atomic mass is 10.1. The Balaban J connectivity index is 1.81. The summed E-state index contributed by atoms with van der Waals surface area (Å²) < 4.78 is 6.57. The average molecular weight is 369 g/mol. The van der Waals surface area contributed by atoms with Crippen LogP contribution in [0.3, 0.4) is 0 Å². The number of aromatic nitrogens is 3. The van der Waals surface area contributed by atoms with Gasteiger partial charge in [0, 0.05) is 6.07 Å². The number of non-ortho nitro benzene ring substituents is 1. The third kappa shape index (κ3) is 3.76. The van der Waals surface area contributed by atoms with Gasteiger partial charge < -0.3 is 4.74 Å². The summed E-state index contributed by atoms with van der Waals surface area (Å²) in [6, 6.07) is 11.7. The van der Waals surface area contributed by atoms with Gasteiger partial charge in [-0.25, -0.2) is 9.48 Å². The number of esters is 1. The van der Waals surface area contributed by atoms with Crippen molar-refractivity contribution in [3.8, 4) is 5.69 Å². The highest BCUT2D eigenvalue weighted by molar-refractivity contribution is 5.94. The molecule has 0 spiro atoms. The van der Waals surface area contributed by atoms with Gasteiger partial charge in [0.25, 0.3) is 11.4 Å². The molecule has 136 valence electrons. The van der Waals surface area contributed by atoms with E-state index in [1.807, 2.05) is 6.07 Å². The van der Waals surface area contributed by atoms with E-state index in [-0.39, 0.29) is 12.2 Å². The second-order valence-corrected chi connectivity index (χ2v) is 5.26. The van der Waals surface area contributed by atoms with E-state index >= 15 is 0 Å². The Bertz CT molecular complexity index is 1020. The Morgan fingerprint density at radius 1 is 1.07 bits per heavy atom. The molecule has 27 heavy (non-hydrogen) atoms. The molecule has 0 amide bonds. The van der Waals surface area contributed by atoms with E-state index in [9.17, 15) is 25.0 Å². The van der Waals surface area contributed by atoms with Crippen LogP contribution in [0.1, 0.15) is 16.1 Å². The highest BCUT2D eigenvalue weighted by Gasteiger charge is 2.25. The molecule has 3 aromatic rings. The van der Waals surface area contributed by atoms with Crippen LogP contribution in [-0.2, 0) is 11.3 Å². The fourth-order valence-corrected chi connectivity index (χ4v) is 2.32. The van der Waals surface area contributed by atoms with Crippen molar-refractivity contribution in [2.45, 2.75) is 6.61 Å². The van der Waals surface area contributed by atoms with E-state index in [0.29, 0.717) is 17.4 Å². The van der Waals surface area contributed by atoms with Crippen molar-refractivity contribution in [1.29, 1.82) is 0 Å². The third-order valence-electron chi connectivity index (χ3n) is 3.58. The molecule has 0 unspecified atom stereocenters. The number of benzene rings is 2. The first-order valence-electron chi connectivity index (χ1n) is 7.52. The van der Waals surface area contributed by atoms with Crippen molar-refractivity contribution >= 4 is 17.3 Å². The normalized spacial score (nSPS) is 10.4. The van der Waals surface area contributed by atoms with Crippen molar-refractivity contribution < 1.29 is 19.4 Å². The number of carbonyl (C=O) groups excluding carboxylic acids is 1. The van der Waals surface area contributed by atoms with Crippen LogP contribution in [0.2, 0.25) is 0 Å². The summed E-state index contributed by atoms with van der Waals surface area (Å²) in [6.07, 6.45) is 1.39. The zero-order valence-electron chi connectivity index (χ0n) is 13.6. The standard InChI is InChI=1S/C16H11N5O6/c22-16(14-7-6-12(20(23)24)8-15(14)21(25)26)27-10-13-9-17-18-19(13)11-4-2-1-3-5-11/h1-9H,10H2. The van der Waals surface area contributed by atoms with Gasteiger partial charge in [-0.2, -0.15) is 0 Å². The second-order valence-electron chi connectivity index (χ2n) is 5.26. The van der Waals surface area contributed by atoms with Crippen LogP contribution in [0.5, 0.6) is 0 Å². The largest absolute Gasteiger partial charge is 0.455 e. The molecular weight excluding hydrogens is 358 g/mol. The number of hydrogen-bond donors (Lipinski definition) is 0. The molecule has 1 aromatic heterocycles. The predicted molar refractivity (Wildman–Crippen MR) is 90.2 cm³/mol. The van der Waals surface area contributed by atoms with Gasteiger partial charge in [0.1, 0.15) is 17.9 Å². The van der Waals surface area contributed by atoms with Crippen molar-refractivity contribution in [1.82, 2.24) is 15.0 Å². The summed E-state index contributed by atoms with van der Waals surface area (Å²) in [6.45, 7) is -0.241. The van der Waals surface area contributed by atoms with Gasteiger partial charge in [-0.05, 0) is 18.2 Å². The van der Waals surface area contributed by atoms with Gasteiger partial charge >= 0.3 is 5.97 Å². The summed E-state index contributed by atoms with van der Waals surface area (Å²) in [5.41, 5.74) is -0.445. The maximum absolute atomic E-state index is 12.2. The Kier molecular flexibility index (Phi) is 4.84. The number of nitrogens with zero attached hydrogens (tertiary/aromatic N) is 5. The SMILES string of the molecule is O=C(OCc1cnnn1-c1ccccc1)c1ccc([N+](=O)[O-])cc1[N+](=O)[O-]. The summed E-state index contributed by atoms with van der Waals surface area (Å²) in [7, 11) is 0. The number of carbonyl (C=O) groups is 1. The Morgan fingerprint density at radius 2 is 1.81 bits per heavy atom. The molecule has 0 atom stereocenters. The van der Waals surface area contributed by atoms with E-state index in [1.165, 1.54) is 10.9 Å². The molecule has 0 aliphatic carbocycles. The van der Waals surface area contributed by atoms with E-state index in [2.05, 4.69) is 10.3 Å². The van der Waals surface area contributed by atoms with Gasteiger partial charge in [-0.3, -0.25) is 20.2 Å². The molecule has 0 fully saturated rings. The van der Waals surface area contributed by atoms with Crippen molar-refractivity contribution in [3.05, 3.63) is 86.2 Å². The highest BCUT2D eigenvalue weighted by Crippen LogP contribution is 2.25. The molecule has 0 aliphatic rings. The fraction of sp³-hybridized carbons (Fsp3) is 0.0625. The van der Waals surface area contributed by atoms with Crippen LogP contribution in [0.25, 0.3) is 5.69 Å². The minimum Gasteiger partial charge on any atom is -0.455 e. The minimum absolute atomic E-state index is 0.241. The summed E-state index contributed by atoms with van der Waals surface area (Å²) in [5.74, 6) is -0.989. The first-order valence-corrected chi connectivity index (χ1v) is 7.52. The number of hydrogen-bond acceptors (Lipinski definition) is 8. The number of nitro benzene ring substituents is 2. The van der Waals surface area contributed by atoms with Gasteiger partial charge in [0.2, 0.25) is 0 Å². The minimum atomic E-state index is -0.989. The van der Waals surface area contributed by atoms with Crippen LogP contribution in [0.15, 0.2) is 54.7 Å². The zero-order valence-corrected chi connectivity index (χ0v) is 13.6. The molecule has 2 aromatic carbocycles. The van der Waals surface area contributed by atoms with Crippen LogP contribution < -0.4 is 0 Å². The van der Waals surface area contributed by atoms with Gasteiger partial charge in [0.05, 0.1) is 27.8 Å². The monoisotopic (exact) mass is 369 g/mol. The smallest absolute Gasteiger partial charge is 0.345 e. The first-order chi connectivity index (χ1) is 13.0. The number of nitro groups is 2. The lowest BCUT2D eigenvalue weighted by Crippen LogP contribution is -2.11. The molecule has 0 aliphatic heterocycles. The zero-order chi connectivity index (χ0) is 19.4. The van der Waals surface area contributed by atoms with Crippen LogP contribution >= 0.6 is 0 Å². The maximum atomic E-state index is 12.2. The van der Waals surface area contributed by atoms with Crippen LogP contribution in [0.4, 0.5) is 11.4 Å². The first kappa shape index (κ1) is 17.7. The molecule has 0 bridgehead atoms. The molecule has 3 rings (SSSR count). The van der Waals surface area contributed by atoms with E-state index in [4.69, 9.17) is 4.74 Å². The van der Waals surface area contributed by atoms with Gasteiger partial charge in [-0.1, -0.05) is 23.4 Å². The molecule has 0 saturated heterocycles. The summed E-state index contributed by atoms with van der Waals surface area (Å²) in [4.78, 5) is 32.5. The molecule has 0 N–H and O–H groups in total. The fourth-order valence-electron chi connectivity index (χ4n) is 2.32. The van der Waals surface area contributed by atoms with Crippen molar-refractivity contribution in [2.75, 3.05) is 0 Å². The van der Waals surface area contributed by atoms with E-state index in [1.54, 1.807) is 24.3 Å². The van der Waals surface area contributed by atoms with Crippen LogP contribution in [-0.4, -0.2) is 30.8 Å². The topological polar surface area (TPSA) is 143 Å². The highest BCUT2D eigenvalue weighted by atomic mass is 16.6. The third-order valence-corrected chi connectivity index (χ3v) is 3.58. The Morgan fingerprint density at radius 3 is 2.48 bits per heavy atom. The molecule has 11 heteroatoms. The maximum Gasteiger partial charge on any atom is 0.345 e. The van der Waals surface area contributed by atoms with Crippen LogP contribution in [0, 0.1) is 20.2 Å². The van der Waals surface area contributed by atoms with Gasteiger partial charge in [0.15, 0.2) is 0 Å². The molecule has 1 heterocycles. The van der Waals surface area contributed by atoms with Crippen molar-refractivity contribution in [3.63, 3.8) is 0 Å². The summed E-state index contributed by atoms with van der Waals surface area (Å²) >= 11 is 0. The van der Waals surface area contributed by atoms with Crippen molar-refractivity contribution in [2.24, 2.45) is 0 Å². The molecule has 11 nitrogen and oxygen atoms in total. The second kappa shape index (κ2) is 7.39. The lowest BCUT2D eigenvalue weighted by molar-refractivity contribution is -0.394. The average Bonchev–Trinajstić information content (AvgIpc) is 3.14. The Hall–Kier alpha value is -4.15. The molecule has 0 radical (unpaired) electrons. The van der Waals surface area contributed by atoms with E-state index in [0.717, 1.165) is 12.1 Å².